The van der Waals surface area contributed by atoms with Crippen LogP contribution in [0, 0.1) is 11.6 Å². The van der Waals surface area contributed by atoms with Gasteiger partial charge >= 0.3 is 0 Å². The van der Waals surface area contributed by atoms with Gasteiger partial charge < -0.3 is 5.32 Å². The van der Waals surface area contributed by atoms with Crippen LogP contribution in [0.4, 0.5) is 8.78 Å². The summed E-state index contributed by atoms with van der Waals surface area (Å²) in [5.74, 6) is -1.07. The number of nitrogens with zero attached hydrogens (tertiary/aromatic N) is 1. The summed E-state index contributed by atoms with van der Waals surface area (Å²) in [5, 5.41) is 10.00. The monoisotopic (exact) mass is 251 g/mol. The highest BCUT2D eigenvalue weighted by molar-refractivity contribution is 5.18. The van der Waals surface area contributed by atoms with Gasteiger partial charge in [-0.25, -0.2) is 8.78 Å². The zero-order valence-electron chi connectivity index (χ0n) is 10.1. The number of H-pyrrole nitrogens is 1. The highest BCUT2D eigenvalue weighted by atomic mass is 19.1. The van der Waals surface area contributed by atoms with Gasteiger partial charge in [-0.15, -0.1) is 0 Å². The molecule has 1 aromatic carbocycles. The molecule has 0 aliphatic rings. The summed E-state index contributed by atoms with van der Waals surface area (Å²) in [6.45, 7) is 2.64. The maximum atomic E-state index is 13.0. The first kappa shape index (κ1) is 12.7. The maximum Gasteiger partial charge on any atom is 0.126 e. The molecule has 3 nitrogen and oxygen atoms in total. The van der Waals surface area contributed by atoms with Crippen LogP contribution in [0.5, 0.6) is 0 Å². The molecule has 2 N–H and O–H groups in total. The van der Waals surface area contributed by atoms with Crippen molar-refractivity contribution in [2.45, 2.75) is 19.4 Å². The fraction of sp³-hybridized carbons (Fsp3) is 0.308. The summed E-state index contributed by atoms with van der Waals surface area (Å²) in [4.78, 5) is 0. The second-order valence-corrected chi connectivity index (χ2v) is 4.22. The molecule has 0 saturated heterocycles. The van der Waals surface area contributed by atoms with E-state index in [9.17, 15) is 8.78 Å². The summed E-state index contributed by atoms with van der Waals surface area (Å²) in [7, 11) is 0. The predicted octanol–water partition coefficient (Wildman–Crippen LogP) is 2.58. The first-order valence-electron chi connectivity index (χ1n) is 5.83. The van der Waals surface area contributed by atoms with Crippen LogP contribution in [0.25, 0.3) is 0 Å². The molecule has 0 bridgehead atoms. The molecule has 1 aromatic heterocycles. The van der Waals surface area contributed by atoms with E-state index in [-0.39, 0.29) is 6.04 Å². The molecule has 0 aliphatic heterocycles. The lowest BCUT2D eigenvalue weighted by atomic mass is 10.1. The second kappa shape index (κ2) is 5.73. The molecule has 2 aromatic rings. The molecule has 0 aliphatic carbocycles. The van der Waals surface area contributed by atoms with Gasteiger partial charge in [0, 0.05) is 18.3 Å². The van der Waals surface area contributed by atoms with Gasteiger partial charge in [-0.2, -0.15) is 5.10 Å². The number of hydrogen-bond acceptors (Lipinski definition) is 2. The number of nitrogens with one attached hydrogen (secondary N) is 2. The van der Waals surface area contributed by atoms with Crippen LogP contribution in [0.1, 0.15) is 24.2 Å². The van der Waals surface area contributed by atoms with E-state index in [2.05, 4.69) is 15.5 Å². The minimum Gasteiger partial charge on any atom is -0.309 e. The van der Waals surface area contributed by atoms with Gasteiger partial charge in [-0.3, -0.25) is 5.10 Å². The standard InChI is InChI=1S/C13H15F2N3/c1-9(13-3-5-17-18-13)16-4-2-10-6-11(14)8-12(15)7-10/h3,5-9,16H,2,4H2,1H3,(H,17,18). The number of aromatic amines is 1. The van der Waals surface area contributed by atoms with E-state index in [1.165, 1.54) is 12.1 Å². The molecule has 1 unspecified atom stereocenters. The Kier molecular flexibility index (Phi) is 4.04. The van der Waals surface area contributed by atoms with Crippen molar-refractivity contribution < 1.29 is 8.78 Å². The van der Waals surface area contributed by atoms with Crippen molar-refractivity contribution in [3.8, 4) is 0 Å². The van der Waals surface area contributed by atoms with Crippen LogP contribution in [0.3, 0.4) is 0 Å². The highest BCUT2D eigenvalue weighted by Gasteiger charge is 2.06. The number of rotatable bonds is 5. The zero-order valence-corrected chi connectivity index (χ0v) is 10.1. The van der Waals surface area contributed by atoms with Crippen molar-refractivity contribution in [2.75, 3.05) is 6.54 Å². The summed E-state index contributed by atoms with van der Waals surface area (Å²) < 4.78 is 25.9. The Hall–Kier alpha value is -1.75. The molecular formula is C13H15F2N3. The molecular weight excluding hydrogens is 236 g/mol. The van der Waals surface area contributed by atoms with Crippen LogP contribution < -0.4 is 5.32 Å². The van der Waals surface area contributed by atoms with Crippen LogP contribution in [0.15, 0.2) is 30.5 Å². The lowest BCUT2D eigenvalue weighted by molar-refractivity contribution is 0.555. The van der Waals surface area contributed by atoms with Crippen LogP contribution in [0.2, 0.25) is 0 Å². The van der Waals surface area contributed by atoms with Gasteiger partial charge in [-0.05, 0) is 43.7 Å². The first-order chi connectivity index (χ1) is 8.65. The van der Waals surface area contributed by atoms with Crippen LogP contribution in [-0.4, -0.2) is 16.7 Å². The number of benzene rings is 1. The van der Waals surface area contributed by atoms with Crippen molar-refractivity contribution in [3.05, 3.63) is 53.4 Å². The smallest absolute Gasteiger partial charge is 0.126 e. The lowest BCUT2D eigenvalue weighted by Gasteiger charge is -2.11. The SMILES string of the molecule is CC(NCCc1cc(F)cc(F)c1)c1ccn[nH]1. The van der Waals surface area contributed by atoms with Crippen molar-refractivity contribution in [1.29, 1.82) is 0 Å². The molecule has 0 radical (unpaired) electrons. The van der Waals surface area contributed by atoms with E-state index < -0.39 is 11.6 Å². The Balaban J connectivity index is 1.85. The topological polar surface area (TPSA) is 40.7 Å². The molecule has 1 heterocycles. The number of aromatic nitrogens is 2. The first-order valence-corrected chi connectivity index (χ1v) is 5.83. The van der Waals surface area contributed by atoms with E-state index in [0.29, 0.717) is 18.5 Å². The van der Waals surface area contributed by atoms with E-state index in [1.807, 2.05) is 13.0 Å². The van der Waals surface area contributed by atoms with E-state index in [4.69, 9.17) is 0 Å². The van der Waals surface area contributed by atoms with E-state index in [0.717, 1.165) is 11.8 Å². The van der Waals surface area contributed by atoms with Gasteiger partial charge in [0.05, 0.1) is 5.69 Å². The fourth-order valence-corrected chi connectivity index (χ4v) is 1.81. The lowest BCUT2D eigenvalue weighted by Crippen LogP contribution is -2.21. The minimum absolute atomic E-state index is 0.130. The highest BCUT2D eigenvalue weighted by Crippen LogP contribution is 2.10. The molecule has 18 heavy (non-hydrogen) atoms. The maximum absolute atomic E-state index is 13.0. The summed E-state index contributed by atoms with van der Waals surface area (Å²) in [6.07, 6.45) is 2.27. The quantitative estimate of drug-likeness (QED) is 0.857. The largest absolute Gasteiger partial charge is 0.309 e. The van der Waals surface area contributed by atoms with Crippen molar-refractivity contribution >= 4 is 0 Å². The number of hydrogen-bond donors (Lipinski definition) is 2. The van der Waals surface area contributed by atoms with Crippen LogP contribution >= 0.6 is 0 Å². The molecule has 5 heteroatoms. The van der Waals surface area contributed by atoms with Crippen LogP contribution in [-0.2, 0) is 6.42 Å². The van der Waals surface area contributed by atoms with E-state index in [1.54, 1.807) is 6.20 Å². The summed E-state index contributed by atoms with van der Waals surface area (Å²) >= 11 is 0. The molecule has 96 valence electrons. The molecule has 0 fully saturated rings. The molecule has 2 rings (SSSR count). The van der Waals surface area contributed by atoms with Crippen molar-refractivity contribution in [3.63, 3.8) is 0 Å². The normalized spacial score (nSPS) is 12.6. The Labute approximate surface area is 104 Å². The third-order valence-electron chi connectivity index (χ3n) is 2.78. The molecule has 0 spiro atoms. The molecule has 0 saturated carbocycles. The summed E-state index contributed by atoms with van der Waals surface area (Å²) in [6, 6.07) is 5.60. The Bertz CT molecular complexity index is 477. The van der Waals surface area contributed by atoms with Crippen molar-refractivity contribution in [2.24, 2.45) is 0 Å². The average molecular weight is 251 g/mol. The fourth-order valence-electron chi connectivity index (χ4n) is 1.81. The minimum atomic E-state index is -0.536. The Morgan fingerprint density at radius 3 is 2.61 bits per heavy atom. The molecule has 1 atom stereocenters. The van der Waals surface area contributed by atoms with Gasteiger partial charge in [0.15, 0.2) is 0 Å². The number of halogens is 2. The molecule has 0 amide bonds. The van der Waals surface area contributed by atoms with E-state index >= 15 is 0 Å². The van der Waals surface area contributed by atoms with Crippen molar-refractivity contribution in [1.82, 2.24) is 15.5 Å². The van der Waals surface area contributed by atoms with Gasteiger partial charge in [-0.1, -0.05) is 0 Å². The third-order valence-corrected chi connectivity index (χ3v) is 2.78. The predicted molar refractivity (Wildman–Crippen MR) is 65.1 cm³/mol. The zero-order chi connectivity index (χ0) is 13.0. The Morgan fingerprint density at radius 2 is 2.00 bits per heavy atom. The Morgan fingerprint density at radius 1 is 1.28 bits per heavy atom. The average Bonchev–Trinajstić information content (AvgIpc) is 2.80. The third kappa shape index (κ3) is 3.37. The second-order valence-electron chi connectivity index (χ2n) is 4.22. The van der Waals surface area contributed by atoms with Gasteiger partial charge in [0.25, 0.3) is 0 Å². The van der Waals surface area contributed by atoms with Gasteiger partial charge in [0.2, 0.25) is 0 Å². The summed E-state index contributed by atoms with van der Waals surface area (Å²) in [5.41, 5.74) is 1.64. The van der Waals surface area contributed by atoms with Gasteiger partial charge in [0.1, 0.15) is 11.6 Å².